The molecule has 2 aromatic rings. The number of benzene rings is 1. The number of carbonyl (C=O) groups is 2. The van der Waals surface area contributed by atoms with Crippen LogP contribution < -0.4 is 5.32 Å². The molecule has 2 N–H and O–H groups in total. The first-order valence-corrected chi connectivity index (χ1v) is 7.24. The molecule has 1 aromatic carbocycles. The molecule has 1 aliphatic heterocycles. The molecule has 2 heterocycles. The van der Waals surface area contributed by atoms with Crippen LogP contribution in [-0.2, 0) is 4.74 Å². The smallest absolute Gasteiger partial charge is 0.409 e. The predicted octanol–water partition coefficient (Wildman–Crippen LogP) is 1.65. The van der Waals surface area contributed by atoms with Crippen LogP contribution in [0.3, 0.4) is 0 Å². The Kier molecular flexibility index (Phi) is 3.63. The van der Waals surface area contributed by atoms with Crippen LogP contribution in [0.25, 0.3) is 10.9 Å². The number of methoxy groups -OCH3 is 1. The van der Waals surface area contributed by atoms with Crippen LogP contribution in [-0.4, -0.2) is 52.5 Å². The maximum absolute atomic E-state index is 12.4. The highest BCUT2D eigenvalue weighted by atomic mass is 16.6. The van der Waals surface area contributed by atoms with Gasteiger partial charge in [-0.05, 0) is 13.0 Å². The summed E-state index contributed by atoms with van der Waals surface area (Å²) < 4.78 is 4.62. The lowest BCUT2D eigenvalue weighted by atomic mass is 9.92. The van der Waals surface area contributed by atoms with E-state index in [1.807, 2.05) is 6.92 Å². The standard InChI is InChI=1S/C15H16N4O5/c1-15(7-18(8-15)14(21)24-2)17-13(20)10-6-9-4-3-5-11(19(22)23)12(9)16-10/h3-6,16H,7-8H2,1-2H3,(H,17,20). The van der Waals surface area contributed by atoms with Crippen molar-refractivity contribution < 1.29 is 19.2 Å². The summed E-state index contributed by atoms with van der Waals surface area (Å²) in [5, 5.41) is 14.5. The van der Waals surface area contributed by atoms with Crippen LogP contribution in [0.2, 0.25) is 0 Å². The monoisotopic (exact) mass is 332 g/mol. The number of non-ortho nitro benzene ring substituents is 1. The third kappa shape index (κ3) is 2.64. The summed E-state index contributed by atoms with van der Waals surface area (Å²) >= 11 is 0. The number of nitrogens with zero attached hydrogens (tertiary/aromatic N) is 2. The van der Waals surface area contributed by atoms with Crippen molar-refractivity contribution in [2.24, 2.45) is 0 Å². The van der Waals surface area contributed by atoms with E-state index in [-0.39, 0.29) is 17.3 Å². The Hall–Kier alpha value is -3.10. The van der Waals surface area contributed by atoms with Crippen LogP contribution in [0.5, 0.6) is 0 Å². The Morgan fingerprint density at radius 1 is 1.42 bits per heavy atom. The number of hydrogen-bond acceptors (Lipinski definition) is 5. The average molecular weight is 332 g/mol. The van der Waals surface area contributed by atoms with Gasteiger partial charge >= 0.3 is 6.09 Å². The van der Waals surface area contributed by atoms with E-state index in [0.29, 0.717) is 24.0 Å². The summed E-state index contributed by atoms with van der Waals surface area (Å²) in [4.78, 5) is 38.6. The lowest BCUT2D eigenvalue weighted by Crippen LogP contribution is -2.69. The molecule has 0 radical (unpaired) electrons. The SMILES string of the molecule is COC(=O)N1CC(C)(NC(=O)c2cc3cccc([N+](=O)[O-])c3[nH]2)C1. The average Bonchev–Trinajstić information content (AvgIpc) is 2.95. The number of nitro benzene ring substituents is 1. The second-order valence-corrected chi connectivity index (χ2v) is 6.02. The van der Waals surface area contributed by atoms with Crippen LogP contribution in [0.1, 0.15) is 17.4 Å². The normalized spacial score (nSPS) is 15.7. The third-order valence-corrected chi connectivity index (χ3v) is 4.00. The van der Waals surface area contributed by atoms with Crippen molar-refractivity contribution in [3.8, 4) is 0 Å². The quantitative estimate of drug-likeness (QED) is 0.654. The number of H-pyrrole nitrogens is 1. The molecular formula is C15H16N4O5. The van der Waals surface area contributed by atoms with Gasteiger partial charge in [0.05, 0.1) is 17.6 Å². The van der Waals surface area contributed by atoms with Gasteiger partial charge in [0.15, 0.2) is 0 Å². The summed E-state index contributed by atoms with van der Waals surface area (Å²) in [6.45, 7) is 2.49. The number of amides is 2. The minimum Gasteiger partial charge on any atom is -0.453 e. The lowest BCUT2D eigenvalue weighted by Gasteiger charge is -2.47. The van der Waals surface area contributed by atoms with Gasteiger partial charge in [-0.1, -0.05) is 12.1 Å². The largest absolute Gasteiger partial charge is 0.453 e. The molecule has 9 nitrogen and oxygen atoms in total. The Bertz CT molecular complexity index is 838. The van der Waals surface area contributed by atoms with Gasteiger partial charge in [-0.25, -0.2) is 4.79 Å². The second-order valence-electron chi connectivity index (χ2n) is 6.02. The van der Waals surface area contributed by atoms with E-state index in [9.17, 15) is 19.7 Å². The van der Waals surface area contributed by atoms with Gasteiger partial charge in [-0.2, -0.15) is 0 Å². The molecule has 0 saturated carbocycles. The highest BCUT2D eigenvalue weighted by Gasteiger charge is 2.43. The zero-order chi connectivity index (χ0) is 17.5. The summed E-state index contributed by atoms with van der Waals surface area (Å²) in [7, 11) is 1.30. The molecule has 0 spiro atoms. The maximum atomic E-state index is 12.4. The highest BCUT2D eigenvalue weighted by molar-refractivity contribution is 6.00. The molecule has 9 heteroatoms. The van der Waals surface area contributed by atoms with Crippen LogP contribution in [0.4, 0.5) is 10.5 Å². The van der Waals surface area contributed by atoms with Gasteiger partial charge in [0, 0.05) is 24.5 Å². The summed E-state index contributed by atoms with van der Waals surface area (Å²) in [6, 6.07) is 6.21. The molecule has 0 atom stereocenters. The number of ether oxygens (including phenoxy) is 1. The van der Waals surface area contributed by atoms with E-state index in [1.54, 1.807) is 18.2 Å². The Morgan fingerprint density at radius 2 is 2.12 bits per heavy atom. The van der Waals surface area contributed by atoms with E-state index in [4.69, 9.17) is 0 Å². The van der Waals surface area contributed by atoms with E-state index >= 15 is 0 Å². The lowest BCUT2D eigenvalue weighted by molar-refractivity contribution is -0.383. The van der Waals surface area contributed by atoms with Gasteiger partial charge in [-0.3, -0.25) is 14.9 Å². The number of likely N-dealkylation sites (tertiary alicyclic amines) is 1. The number of aromatic amines is 1. The van der Waals surface area contributed by atoms with Crippen molar-refractivity contribution in [2.75, 3.05) is 20.2 Å². The van der Waals surface area contributed by atoms with Crippen molar-refractivity contribution in [1.82, 2.24) is 15.2 Å². The molecule has 1 saturated heterocycles. The number of nitro groups is 1. The summed E-state index contributed by atoms with van der Waals surface area (Å²) in [5.41, 5.74) is -0.105. The van der Waals surface area contributed by atoms with Crippen LogP contribution >= 0.6 is 0 Å². The minimum atomic E-state index is -0.561. The van der Waals surface area contributed by atoms with Crippen molar-refractivity contribution in [2.45, 2.75) is 12.5 Å². The van der Waals surface area contributed by atoms with Crippen molar-refractivity contribution in [3.63, 3.8) is 0 Å². The Labute approximate surface area is 136 Å². The number of carbonyl (C=O) groups excluding carboxylic acids is 2. The van der Waals surface area contributed by atoms with Crippen molar-refractivity contribution in [3.05, 3.63) is 40.1 Å². The molecule has 0 bridgehead atoms. The number of aromatic nitrogens is 1. The number of fused-ring (bicyclic) bond motifs is 1. The van der Waals surface area contributed by atoms with Crippen LogP contribution in [0, 0.1) is 10.1 Å². The number of hydrogen-bond donors (Lipinski definition) is 2. The molecule has 0 unspecified atom stereocenters. The van der Waals surface area contributed by atoms with E-state index in [1.165, 1.54) is 18.1 Å². The summed E-state index contributed by atoms with van der Waals surface area (Å²) in [6.07, 6.45) is -0.442. The molecule has 2 amide bonds. The van der Waals surface area contributed by atoms with Crippen molar-refractivity contribution >= 4 is 28.6 Å². The predicted molar refractivity (Wildman–Crippen MR) is 84.8 cm³/mol. The molecule has 0 aliphatic carbocycles. The fourth-order valence-corrected chi connectivity index (χ4v) is 2.89. The molecule has 1 aromatic heterocycles. The van der Waals surface area contributed by atoms with Crippen LogP contribution in [0.15, 0.2) is 24.3 Å². The van der Waals surface area contributed by atoms with Gasteiger partial charge in [0.2, 0.25) is 0 Å². The third-order valence-electron chi connectivity index (χ3n) is 4.00. The zero-order valence-electron chi connectivity index (χ0n) is 13.2. The number of rotatable bonds is 3. The second kappa shape index (κ2) is 5.52. The molecule has 3 rings (SSSR count). The highest BCUT2D eigenvalue weighted by Crippen LogP contribution is 2.26. The Balaban J connectivity index is 1.77. The maximum Gasteiger partial charge on any atom is 0.409 e. The number of para-hydroxylation sites is 1. The topological polar surface area (TPSA) is 118 Å². The summed E-state index contributed by atoms with van der Waals surface area (Å²) in [5.74, 6) is -0.382. The van der Waals surface area contributed by atoms with Gasteiger partial charge in [-0.15, -0.1) is 0 Å². The van der Waals surface area contributed by atoms with Gasteiger partial charge in [0.1, 0.15) is 11.2 Å². The number of nitrogens with one attached hydrogen (secondary N) is 2. The van der Waals surface area contributed by atoms with E-state index in [0.717, 1.165) is 0 Å². The van der Waals surface area contributed by atoms with Gasteiger partial charge in [0.25, 0.3) is 11.6 Å². The minimum absolute atomic E-state index is 0.0849. The molecule has 24 heavy (non-hydrogen) atoms. The first kappa shape index (κ1) is 15.8. The first-order chi connectivity index (χ1) is 11.3. The zero-order valence-corrected chi connectivity index (χ0v) is 13.2. The fraction of sp³-hybridized carbons (Fsp3) is 0.333. The molecule has 1 fully saturated rings. The van der Waals surface area contributed by atoms with E-state index < -0.39 is 16.6 Å². The Morgan fingerprint density at radius 3 is 2.75 bits per heavy atom. The van der Waals surface area contributed by atoms with Crippen molar-refractivity contribution in [1.29, 1.82) is 0 Å². The fourth-order valence-electron chi connectivity index (χ4n) is 2.89. The van der Waals surface area contributed by atoms with E-state index in [2.05, 4.69) is 15.0 Å². The molecular weight excluding hydrogens is 316 g/mol. The first-order valence-electron chi connectivity index (χ1n) is 7.24. The molecule has 126 valence electrons. The molecule has 1 aliphatic rings. The van der Waals surface area contributed by atoms with Gasteiger partial charge < -0.3 is 19.9 Å².